The lowest BCUT2D eigenvalue weighted by Gasteiger charge is -1.98. The van der Waals surface area contributed by atoms with Gasteiger partial charge in [0.05, 0.1) is 12.2 Å². The van der Waals surface area contributed by atoms with E-state index in [0.29, 0.717) is 5.56 Å². The van der Waals surface area contributed by atoms with E-state index in [4.69, 9.17) is 10.2 Å². The van der Waals surface area contributed by atoms with Crippen LogP contribution in [0.15, 0.2) is 30.3 Å². The van der Waals surface area contributed by atoms with Crippen LogP contribution >= 0.6 is 0 Å². The van der Waals surface area contributed by atoms with Crippen LogP contribution < -0.4 is 0 Å². The number of carbonyl (C=O) groups is 1. The fourth-order valence-electron chi connectivity index (χ4n) is 1.02. The summed E-state index contributed by atoms with van der Waals surface area (Å²) in [6.45, 7) is -0.0893. The molecule has 3 nitrogen and oxygen atoms in total. The van der Waals surface area contributed by atoms with Gasteiger partial charge in [0, 0.05) is 0 Å². The van der Waals surface area contributed by atoms with Crippen LogP contribution in [-0.2, 0) is 0 Å². The second-order valence-corrected chi connectivity index (χ2v) is 2.48. The Hall–Kier alpha value is -1.61. The zero-order valence-corrected chi connectivity index (χ0v) is 6.97. The molecule has 0 saturated carbocycles. The van der Waals surface area contributed by atoms with Crippen molar-refractivity contribution in [3.63, 3.8) is 0 Å². The molecule has 0 heterocycles. The minimum atomic E-state index is -0.960. The molecular formula is C10H10O3. The normalized spacial score (nSPS) is 10.5. The molecule has 0 aliphatic rings. The molecular weight excluding hydrogens is 168 g/mol. The van der Waals surface area contributed by atoms with Crippen molar-refractivity contribution in [3.05, 3.63) is 41.5 Å². The Morgan fingerprint density at radius 2 is 2.08 bits per heavy atom. The van der Waals surface area contributed by atoms with Crippen LogP contribution in [0, 0.1) is 0 Å². The number of hydrogen-bond acceptors (Lipinski definition) is 2. The summed E-state index contributed by atoms with van der Waals surface area (Å²) in [6.07, 6.45) is 3.09. The van der Waals surface area contributed by atoms with Crippen LogP contribution in [0.2, 0.25) is 0 Å². The number of hydrogen-bond donors (Lipinski definition) is 2. The Labute approximate surface area is 76.0 Å². The molecule has 1 rings (SSSR count). The summed E-state index contributed by atoms with van der Waals surface area (Å²) >= 11 is 0. The molecule has 0 amide bonds. The van der Waals surface area contributed by atoms with E-state index >= 15 is 0 Å². The summed E-state index contributed by atoms with van der Waals surface area (Å²) in [5.41, 5.74) is 0.844. The number of benzene rings is 1. The van der Waals surface area contributed by atoms with Crippen LogP contribution in [0.4, 0.5) is 0 Å². The van der Waals surface area contributed by atoms with Crippen molar-refractivity contribution in [2.75, 3.05) is 6.61 Å². The fraction of sp³-hybridized carbons (Fsp3) is 0.100. The van der Waals surface area contributed by atoms with Gasteiger partial charge in [-0.25, -0.2) is 4.79 Å². The zero-order valence-electron chi connectivity index (χ0n) is 6.97. The molecule has 0 saturated heterocycles. The average Bonchev–Trinajstić information content (AvgIpc) is 2.15. The van der Waals surface area contributed by atoms with E-state index in [1.54, 1.807) is 24.3 Å². The Morgan fingerprint density at radius 3 is 2.69 bits per heavy atom. The summed E-state index contributed by atoms with van der Waals surface area (Å²) in [5, 5.41) is 17.3. The van der Waals surface area contributed by atoms with Crippen molar-refractivity contribution < 1.29 is 15.0 Å². The minimum absolute atomic E-state index is 0.0893. The van der Waals surface area contributed by atoms with Gasteiger partial charge in [-0.15, -0.1) is 0 Å². The molecule has 0 aliphatic heterocycles. The van der Waals surface area contributed by atoms with E-state index in [1.807, 2.05) is 0 Å². The molecule has 2 N–H and O–H groups in total. The SMILES string of the molecule is O=C(O)c1ccccc1C=CCO. The molecule has 0 atom stereocenters. The van der Waals surface area contributed by atoms with Crippen molar-refractivity contribution in [2.45, 2.75) is 0 Å². The first kappa shape index (κ1) is 9.48. The van der Waals surface area contributed by atoms with Gasteiger partial charge in [0.1, 0.15) is 0 Å². The Kier molecular flexibility index (Phi) is 3.23. The molecule has 0 fully saturated rings. The number of rotatable bonds is 3. The lowest BCUT2D eigenvalue weighted by Crippen LogP contribution is -1.98. The van der Waals surface area contributed by atoms with Crippen molar-refractivity contribution in [1.82, 2.24) is 0 Å². The van der Waals surface area contributed by atoms with Crippen molar-refractivity contribution in [2.24, 2.45) is 0 Å². The highest BCUT2D eigenvalue weighted by Gasteiger charge is 2.05. The average molecular weight is 178 g/mol. The van der Waals surface area contributed by atoms with E-state index in [0.717, 1.165) is 0 Å². The Bertz CT molecular complexity index is 329. The standard InChI is InChI=1S/C10H10O3/c11-7-3-5-8-4-1-2-6-9(8)10(12)13/h1-6,11H,7H2,(H,12,13). The van der Waals surface area contributed by atoms with E-state index < -0.39 is 5.97 Å². The van der Waals surface area contributed by atoms with Crippen LogP contribution in [0.5, 0.6) is 0 Å². The second kappa shape index (κ2) is 4.42. The third-order valence-electron chi connectivity index (χ3n) is 1.59. The number of aromatic carboxylic acids is 1. The topological polar surface area (TPSA) is 57.5 Å². The monoisotopic (exact) mass is 178 g/mol. The number of carboxylic acids is 1. The first-order valence-corrected chi connectivity index (χ1v) is 3.85. The molecule has 0 bridgehead atoms. The summed E-state index contributed by atoms with van der Waals surface area (Å²) in [7, 11) is 0. The largest absolute Gasteiger partial charge is 0.478 e. The third-order valence-corrected chi connectivity index (χ3v) is 1.59. The van der Waals surface area contributed by atoms with Crippen molar-refractivity contribution >= 4 is 12.0 Å². The highest BCUT2D eigenvalue weighted by Crippen LogP contribution is 2.10. The van der Waals surface area contributed by atoms with E-state index in [1.165, 1.54) is 12.1 Å². The molecule has 13 heavy (non-hydrogen) atoms. The molecule has 1 aromatic carbocycles. The van der Waals surface area contributed by atoms with Gasteiger partial charge in [-0.3, -0.25) is 0 Å². The number of aliphatic hydroxyl groups is 1. The maximum atomic E-state index is 10.7. The van der Waals surface area contributed by atoms with Gasteiger partial charge in [0.2, 0.25) is 0 Å². The smallest absolute Gasteiger partial charge is 0.336 e. The maximum Gasteiger partial charge on any atom is 0.336 e. The van der Waals surface area contributed by atoms with Crippen LogP contribution in [0.1, 0.15) is 15.9 Å². The Morgan fingerprint density at radius 1 is 1.38 bits per heavy atom. The first-order chi connectivity index (χ1) is 6.25. The van der Waals surface area contributed by atoms with Gasteiger partial charge < -0.3 is 10.2 Å². The predicted molar refractivity (Wildman–Crippen MR) is 49.5 cm³/mol. The Balaban J connectivity index is 3.05. The van der Waals surface area contributed by atoms with Gasteiger partial charge in [0.15, 0.2) is 0 Å². The predicted octanol–water partition coefficient (Wildman–Crippen LogP) is 1.39. The lowest BCUT2D eigenvalue weighted by atomic mass is 10.1. The summed E-state index contributed by atoms with van der Waals surface area (Å²) in [5.74, 6) is -0.960. The van der Waals surface area contributed by atoms with E-state index in [-0.39, 0.29) is 12.2 Å². The molecule has 68 valence electrons. The van der Waals surface area contributed by atoms with Gasteiger partial charge in [-0.05, 0) is 11.6 Å². The molecule has 0 spiro atoms. The molecule has 3 heteroatoms. The lowest BCUT2D eigenvalue weighted by molar-refractivity contribution is 0.0696. The van der Waals surface area contributed by atoms with E-state index in [9.17, 15) is 4.79 Å². The number of carboxylic acid groups (broad SMARTS) is 1. The summed E-state index contributed by atoms with van der Waals surface area (Å²) in [6, 6.07) is 6.64. The van der Waals surface area contributed by atoms with Gasteiger partial charge >= 0.3 is 5.97 Å². The quantitative estimate of drug-likeness (QED) is 0.735. The summed E-state index contributed by atoms with van der Waals surface area (Å²) < 4.78 is 0. The second-order valence-electron chi connectivity index (χ2n) is 2.48. The highest BCUT2D eigenvalue weighted by atomic mass is 16.4. The maximum absolute atomic E-state index is 10.7. The van der Waals surface area contributed by atoms with Crippen LogP contribution in [0.25, 0.3) is 6.08 Å². The first-order valence-electron chi connectivity index (χ1n) is 3.85. The minimum Gasteiger partial charge on any atom is -0.478 e. The number of aliphatic hydroxyl groups excluding tert-OH is 1. The van der Waals surface area contributed by atoms with Crippen molar-refractivity contribution in [1.29, 1.82) is 0 Å². The molecule has 0 unspecified atom stereocenters. The van der Waals surface area contributed by atoms with Crippen LogP contribution in [-0.4, -0.2) is 22.8 Å². The van der Waals surface area contributed by atoms with Crippen molar-refractivity contribution in [3.8, 4) is 0 Å². The van der Waals surface area contributed by atoms with Gasteiger partial charge in [-0.2, -0.15) is 0 Å². The van der Waals surface area contributed by atoms with E-state index in [2.05, 4.69) is 0 Å². The van der Waals surface area contributed by atoms with Crippen LogP contribution in [0.3, 0.4) is 0 Å². The third kappa shape index (κ3) is 2.42. The van der Waals surface area contributed by atoms with Gasteiger partial charge in [0.25, 0.3) is 0 Å². The molecule has 0 aliphatic carbocycles. The zero-order chi connectivity index (χ0) is 9.68. The highest BCUT2D eigenvalue weighted by molar-refractivity contribution is 5.92. The van der Waals surface area contributed by atoms with Gasteiger partial charge in [-0.1, -0.05) is 30.4 Å². The summed E-state index contributed by atoms with van der Waals surface area (Å²) in [4.78, 5) is 10.7. The molecule has 0 radical (unpaired) electrons. The molecule has 0 aromatic heterocycles. The molecule has 1 aromatic rings. The fourth-order valence-corrected chi connectivity index (χ4v) is 1.02.